The number of anilines is 1. The van der Waals surface area contributed by atoms with Crippen molar-refractivity contribution in [2.75, 3.05) is 31.1 Å². The van der Waals surface area contributed by atoms with Crippen LogP contribution in [0.4, 0.5) is 5.95 Å². The molecule has 0 aliphatic carbocycles. The number of benzene rings is 2. The molecule has 7 nitrogen and oxygen atoms in total. The van der Waals surface area contributed by atoms with Crippen LogP contribution in [-0.4, -0.2) is 56.6 Å². The van der Waals surface area contributed by atoms with Crippen LogP contribution >= 0.6 is 11.6 Å². The Labute approximate surface area is 204 Å². The van der Waals surface area contributed by atoms with Crippen LogP contribution in [0.5, 0.6) is 0 Å². The summed E-state index contributed by atoms with van der Waals surface area (Å²) in [4.78, 5) is 22.4. The SMILES string of the molecule is CCN(CC)C(=O)[C@@H]1CCCN(c2nc3ccc(C)cc3c3nnc(-c4ccc(Cl)cc4)n23)C1. The lowest BCUT2D eigenvalue weighted by molar-refractivity contribution is -0.135. The summed E-state index contributed by atoms with van der Waals surface area (Å²) < 4.78 is 2.04. The molecule has 0 spiro atoms. The minimum atomic E-state index is -0.0466. The maximum atomic E-state index is 13.2. The predicted octanol–water partition coefficient (Wildman–Crippen LogP) is 4.99. The summed E-state index contributed by atoms with van der Waals surface area (Å²) in [5.74, 6) is 1.67. The van der Waals surface area contributed by atoms with Gasteiger partial charge in [-0.3, -0.25) is 4.79 Å². The second-order valence-corrected chi connectivity index (χ2v) is 9.35. The van der Waals surface area contributed by atoms with E-state index in [0.717, 1.165) is 71.9 Å². The number of amides is 1. The van der Waals surface area contributed by atoms with Gasteiger partial charge in [0.05, 0.1) is 11.4 Å². The van der Waals surface area contributed by atoms with Gasteiger partial charge in [0, 0.05) is 42.2 Å². The summed E-state index contributed by atoms with van der Waals surface area (Å²) in [5.41, 5.74) is 3.70. The standard InChI is InChI=1S/C26H29ClN6O/c1-4-31(5-2)25(34)19-7-6-14-32(16-19)26-28-22-13-8-17(3)15-21(22)24-30-29-23(33(24)26)18-9-11-20(27)12-10-18/h8-13,15,19H,4-7,14,16H2,1-3H3/t19-/m1/s1. The topological polar surface area (TPSA) is 66.6 Å². The first-order valence-electron chi connectivity index (χ1n) is 11.9. The zero-order valence-electron chi connectivity index (χ0n) is 19.8. The van der Waals surface area contributed by atoms with Gasteiger partial charge in [0.15, 0.2) is 11.5 Å². The second-order valence-electron chi connectivity index (χ2n) is 8.92. The third-order valence-electron chi connectivity index (χ3n) is 6.71. The highest BCUT2D eigenvalue weighted by molar-refractivity contribution is 6.30. The number of hydrogen-bond acceptors (Lipinski definition) is 5. The van der Waals surface area contributed by atoms with Crippen molar-refractivity contribution in [1.29, 1.82) is 0 Å². The van der Waals surface area contributed by atoms with Crippen molar-refractivity contribution in [3.63, 3.8) is 0 Å². The van der Waals surface area contributed by atoms with E-state index >= 15 is 0 Å². The smallest absolute Gasteiger partial charge is 0.227 e. The zero-order valence-corrected chi connectivity index (χ0v) is 20.6. The Balaban J connectivity index is 1.66. The third-order valence-corrected chi connectivity index (χ3v) is 6.96. The van der Waals surface area contributed by atoms with Crippen molar-refractivity contribution in [2.45, 2.75) is 33.6 Å². The molecule has 1 saturated heterocycles. The van der Waals surface area contributed by atoms with E-state index in [1.807, 2.05) is 53.5 Å². The molecule has 1 amide bonds. The second kappa shape index (κ2) is 9.22. The highest BCUT2D eigenvalue weighted by Gasteiger charge is 2.31. The minimum Gasteiger partial charge on any atom is -0.343 e. The zero-order chi connectivity index (χ0) is 23.8. The van der Waals surface area contributed by atoms with E-state index in [0.29, 0.717) is 11.6 Å². The summed E-state index contributed by atoms with van der Waals surface area (Å²) in [6.07, 6.45) is 1.83. The van der Waals surface area contributed by atoms with Gasteiger partial charge in [-0.15, -0.1) is 10.2 Å². The highest BCUT2D eigenvalue weighted by Crippen LogP contribution is 2.31. The lowest BCUT2D eigenvalue weighted by atomic mass is 9.96. The van der Waals surface area contributed by atoms with Crippen LogP contribution in [0.1, 0.15) is 32.3 Å². The number of carbonyl (C=O) groups is 1. The quantitative estimate of drug-likeness (QED) is 0.406. The molecule has 0 bridgehead atoms. The number of halogens is 1. The van der Waals surface area contributed by atoms with E-state index in [4.69, 9.17) is 16.6 Å². The van der Waals surface area contributed by atoms with Gasteiger partial charge in [-0.25, -0.2) is 9.38 Å². The molecule has 2 aromatic carbocycles. The van der Waals surface area contributed by atoms with E-state index < -0.39 is 0 Å². The van der Waals surface area contributed by atoms with Crippen LogP contribution < -0.4 is 4.90 Å². The molecule has 0 unspecified atom stereocenters. The first kappa shape index (κ1) is 22.6. The lowest BCUT2D eigenvalue weighted by Gasteiger charge is -2.35. The lowest BCUT2D eigenvalue weighted by Crippen LogP contribution is -2.45. The molecule has 0 radical (unpaired) electrons. The number of hydrogen-bond donors (Lipinski definition) is 0. The summed E-state index contributed by atoms with van der Waals surface area (Å²) in [5, 5.41) is 10.8. The number of carbonyl (C=O) groups excluding carboxylic acids is 1. The molecule has 4 aromatic rings. The largest absolute Gasteiger partial charge is 0.343 e. The normalized spacial score (nSPS) is 16.4. The molecule has 1 aliphatic heterocycles. The van der Waals surface area contributed by atoms with E-state index in [1.165, 1.54) is 0 Å². The molecule has 34 heavy (non-hydrogen) atoms. The average Bonchev–Trinajstić information content (AvgIpc) is 3.30. The molecule has 1 fully saturated rings. The van der Waals surface area contributed by atoms with Gasteiger partial charge in [-0.05, 0) is 70.0 Å². The van der Waals surface area contributed by atoms with Gasteiger partial charge in [0.1, 0.15) is 0 Å². The van der Waals surface area contributed by atoms with Gasteiger partial charge in [-0.1, -0.05) is 23.2 Å². The van der Waals surface area contributed by atoms with E-state index in [9.17, 15) is 4.79 Å². The third kappa shape index (κ3) is 3.98. The van der Waals surface area contributed by atoms with Gasteiger partial charge >= 0.3 is 0 Å². The number of rotatable bonds is 5. The van der Waals surface area contributed by atoms with Crippen LogP contribution in [0.25, 0.3) is 27.9 Å². The summed E-state index contributed by atoms with van der Waals surface area (Å²) in [6, 6.07) is 13.8. The van der Waals surface area contributed by atoms with E-state index in [-0.39, 0.29) is 11.8 Å². The summed E-state index contributed by atoms with van der Waals surface area (Å²) in [6.45, 7) is 9.06. The molecule has 3 heterocycles. The molecule has 0 saturated carbocycles. The maximum Gasteiger partial charge on any atom is 0.227 e. The predicted molar refractivity (Wildman–Crippen MR) is 136 cm³/mol. The average molecular weight is 477 g/mol. The molecule has 2 aromatic heterocycles. The Hall–Kier alpha value is -3.19. The monoisotopic (exact) mass is 476 g/mol. The fourth-order valence-corrected chi connectivity index (χ4v) is 5.01. The molecule has 5 rings (SSSR count). The summed E-state index contributed by atoms with van der Waals surface area (Å²) >= 11 is 6.14. The van der Waals surface area contributed by atoms with E-state index in [2.05, 4.69) is 34.2 Å². The first-order valence-corrected chi connectivity index (χ1v) is 12.3. The van der Waals surface area contributed by atoms with Gasteiger partial charge < -0.3 is 9.80 Å². The Morgan fingerprint density at radius 3 is 2.62 bits per heavy atom. The molecular formula is C26H29ClN6O. The maximum absolute atomic E-state index is 13.2. The van der Waals surface area contributed by atoms with Crippen LogP contribution in [0, 0.1) is 12.8 Å². The molecule has 8 heteroatoms. The summed E-state index contributed by atoms with van der Waals surface area (Å²) in [7, 11) is 0. The van der Waals surface area contributed by atoms with Crippen molar-refractivity contribution in [1.82, 2.24) is 24.5 Å². The van der Waals surface area contributed by atoms with Crippen molar-refractivity contribution in [3.8, 4) is 11.4 Å². The Kier molecular flexibility index (Phi) is 6.13. The first-order chi connectivity index (χ1) is 16.5. The molecule has 1 atom stereocenters. The number of aromatic nitrogens is 4. The molecular weight excluding hydrogens is 448 g/mol. The van der Waals surface area contributed by atoms with Crippen molar-refractivity contribution in [2.24, 2.45) is 5.92 Å². The van der Waals surface area contributed by atoms with Crippen molar-refractivity contribution in [3.05, 3.63) is 53.1 Å². The van der Waals surface area contributed by atoms with Crippen molar-refractivity contribution >= 4 is 40.0 Å². The molecule has 0 N–H and O–H groups in total. The van der Waals surface area contributed by atoms with Crippen LogP contribution in [0.3, 0.4) is 0 Å². The van der Waals surface area contributed by atoms with Crippen LogP contribution in [0.2, 0.25) is 5.02 Å². The van der Waals surface area contributed by atoms with Gasteiger partial charge in [0.25, 0.3) is 0 Å². The van der Waals surface area contributed by atoms with Gasteiger partial charge in [0.2, 0.25) is 11.9 Å². The highest BCUT2D eigenvalue weighted by atomic mass is 35.5. The molecule has 176 valence electrons. The van der Waals surface area contributed by atoms with Crippen LogP contribution in [-0.2, 0) is 4.79 Å². The minimum absolute atomic E-state index is 0.0466. The van der Waals surface area contributed by atoms with Crippen LogP contribution in [0.15, 0.2) is 42.5 Å². The number of fused-ring (bicyclic) bond motifs is 3. The number of nitrogens with zero attached hydrogens (tertiary/aromatic N) is 6. The Morgan fingerprint density at radius 2 is 1.88 bits per heavy atom. The molecule has 1 aliphatic rings. The van der Waals surface area contributed by atoms with Gasteiger partial charge in [-0.2, -0.15) is 0 Å². The van der Waals surface area contributed by atoms with Crippen molar-refractivity contribution < 1.29 is 4.79 Å². The fraction of sp³-hybridized carbons (Fsp3) is 0.385. The Bertz CT molecular complexity index is 1350. The number of piperidine rings is 1. The Morgan fingerprint density at radius 1 is 1.12 bits per heavy atom. The number of aryl methyl sites for hydroxylation is 1. The van der Waals surface area contributed by atoms with E-state index in [1.54, 1.807) is 0 Å². The fourth-order valence-electron chi connectivity index (χ4n) is 4.88.